The molecule has 0 unspecified atom stereocenters. The summed E-state index contributed by atoms with van der Waals surface area (Å²) in [6.07, 6.45) is 1.65. The maximum Gasteiger partial charge on any atom is 0.305 e. The third-order valence-corrected chi connectivity index (χ3v) is 4.17. The number of amides is 1. The Balaban J connectivity index is 1.70. The highest BCUT2D eigenvalue weighted by molar-refractivity contribution is 6.30. The lowest BCUT2D eigenvalue weighted by atomic mass is 10.0. The van der Waals surface area contributed by atoms with Gasteiger partial charge >= 0.3 is 5.69 Å². The molecule has 0 spiro atoms. The Morgan fingerprint density at radius 2 is 2.12 bits per heavy atom. The molecule has 1 amide bonds. The molecule has 0 atom stereocenters. The standard InChI is InChI=1S/C17H14ClFN2O4/c18-12-3-5-15-11(8-12)2-1-7-20(15)17(22)10-25-13-4-6-16(21(23)24)14(19)9-13/h3-6,8-9H,1-2,7,10H2. The monoisotopic (exact) mass is 364 g/mol. The summed E-state index contributed by atoms with van der Waals surface area (Å²) in [7, 11) is 0. The third kappa shape index (κ3) is 3.71. The largest absolute Gasteiger partial charge is 0.484 e. The summed E-state index contributed by atoms with van der Waals surface area (Å²) in [6.45, 7) is 0.269. The van der Waals surface area contributed by atoms with Crippen molar-refractivity contribution in [2.45, 2.75) is 12.8 Å². The SMILES string of the molecule is O=C(COc1ccc([N+](=O)[O-])c(F)c1)N1CCCc2cc(Cl)ccc21. The van der Waals surface area contributed by atoms with Crippen LogP contribution in [0.2, 0.25) is 5.02 Å². The highest BCUT2D eigenvalue weighted by Gasteiger charge is 2.23. The average Bonchev–Trinajstić information content (AvgIpc) is 2.58. The number of hydrogen-bond acceptors (Lipinski definition) is 4. The summed E-state index contributed by atoms with van der Waals surface area (Å²) in [6, 6.07) is 8.52. The second-order valence-corrected chi connectivity index (χ2v) is 6.02. The van der Waals surface area contributed by atoms with Gasteiger partial charge in [0.15, 0.2) is 6.61 Å². The van der Waals surface area contributed by atoms with Crippen molar-refractivity contribution < 1.29 is 18.8 Å². The fourth-order valence-corrected chi connectivity index (χ4v) is 2.97. The van der Waals surface area contributed by atoms with Crippen LogP contribution in [-0.4, -0.2) is 24.0 Å². The van der Waals surface area contributed by atoms with Gasteiger partial charge in [0, 0.05) is 29.4 Å². The minimum Gasteiger partial charge on any atom is -0.484 e. The number of halogens is 2. The number of ether oxygens (including phenoxy) is 1. The van der Waals surface area contributed by atoms with E-state index in [1.54, 1.807) is 17.0 Å². The molecule has 25 heavy (non-hydrogen) atoms. The first-order valence-corrected chi connectivity index (χ1v) is 7.99. The Morgan fingerprint density at radius 3 is 2.84 bits per heavy atom. The van der Waals surface area contributed by atoms with Crippen LogP contribution in [-0.2, 0) is 11.2 Å². The molecular formula is C17H14ClFN2O4. The zero-order chi connectivity index (χ0) is 18.0. The zero-order valence-electron chi connectivity index (χ0n) is 13.1. The summed E-state index contributed by atoms with van der Waals surface area (Å²) in [5.41, 5.74) is 1.15. The van der Waals surface area contributed by atoms with Gasteiger partial charge in [0.1, 0.15) is 5.75 Å². The molecule has 1 aliphatic rings. The van der Waals surface area contributed by atoms with Crippen molar-refractivity contribution in [3.05, 3.63) is 62.9 Å². The Kier molecular flexibility index (Phi) is 4.85. The van der Waals surface area contributed by atoms with Crippen molar-refractivity contribution in [3.63, 3.8) is 0 Å². The number of benzene rings is 2. The van der Waals surface area contributed by atoms with Crippen LogP contribution in [0.15, 0.2) is 36.4 Å². The lowest BCUT2D eigenvalue weighted by molar-refractivity contribution is -0.387. The van der Waals surface area contributed by atoms with Crippen LogP contribution in [0.3, 0.4) is 0 Å². The van der Waals surface area contributed by atoms with Crippen molar-refractivity contribution in [1.82, 2.24) is 0 Å². The lowest BCUT2D eigenvalue weighted by Gasteiger charge is -2.29. The van der Waals surface area contributed by atoms with E-state index in [4.69, 9.17) is 16.3 Å². The molecule has 0 aromatic heterocycles. The molecule has 1 heterocycles. The molecular weight excluding hydrogens is 351 g/mol. The first kappa shape index (κ1) is 17.2. The van der Waals surface area contributed by atoms with E-state index in [2.05, 4.69) is 0 Å². The normalized spacial score (nSPS) is 13.3. The van der Waals surface area contributed by atoms with Crippen molar-refractivity contribution in [2.24, 2.45) is 0 Å². The number of fused-ring (bicyclic) bond motifs is 1. The van der Waals surface area contributed by atoms with E-state index in [1.807, 2.05) is 6.07 Å². The maximum atomic E-state index is 13.6. The molecule has 0 aliphatic carbocycles. The zero-order valence-corrected chi connectivity index (χ0v) is 13.8. The molecule has 2 aromatic carbocycles. The minimum atomic E-state index is -1.01. The van der Waals surface area contributed by atoms with E-state index in [0.29, 0.717) is 11.6 Å². The highest BCUT2D eigenvalue weighted by Crippen LogP contribution is 2.30. The molecule has 8 heteroatoms. The molecule has 0 saturated carbocycles. The Hall–Kier alpha value is -2.67. The molecule has 0 saturated heterocycles. The number of hydrogen-bond donors (Lipinski definition) is 0. The molecule has 6 nitrogen and oxygen atoms in total. The number of nitro benzene ring substituents is 1. The van der Waals surface area contributed by atoms with Gasteiger partial charge in [-0.15, -0.1) is 0 Å². The van der Waals surface area contributed by atoms with Gasteiger partial charge in [-0.3, -0.25) is 14.9 Å². The van der Waals surface area contributed by atoms with Crippen molar-refractivity contribution in [2.75, 3.05) is 18.1 Å². The first-order valence-electron chi connectivity index (χ1n) is 7.61. The van der Waals surface area contributed by atoms with E-state index in [0.717, 1.165) is 36.2 Å². The van der Waals surface area contributed by atoms with Crippen molar-refractivity contribution in [3.8, 4) is 5.75 Å². The Bertz CT molecular complexity index is 843. The lowest BCUT2D eigenvalue weighted by Crippen LogP contribution is -2.38. The first-order chi connectivity index (χ1) is 12.0. The number of rotatable bonds is 4. The fourth-order valence-electron chi connectivity index (χ4n) is 2.77. The predicted molar refractivity (Wildman–Crippen MR) is 90.7 cm³/mol. The minimum absolute atomic E-state index is 0.0600. The second-order valence-electron chi connectivity index (χ2n) is 5.58. The summed E-state index contributed by atoms with van der Waals surface area (Å²) < 4.78 is 18.9. The molecule has 0 N–H and O–H groups in total. The number of carbonyl (C=O) groups excluding carboxylic acids is 1. The second kappa shape index (κ2) is 7.06. The molecule has 1 aliphatic heterocycles. The van der Waals surface area contributed by atoms with Gasteiger partial charge in [0.25, 0.3) is 5.91 Å². The van der Waals surface area contributed by atoms with Crippen LogP contribution >= 0.6 is 11.6 Å². The smallest absolute Gasteiger partial charge is 0.305 e. The van der Waals surface area contributed by atoms with Crippen molar-refractivity contribution in [1.29, 1.82) is 0 Å². The van der Waals surface area contributed by atoms with Gasteiger partial charge in [-0.2, -0.15) is 4.39 Å². The predicted octanol–water partition coefficient (Wildman–Crippen LogP) is 3.75. The van der Waals surface area contributed by atoms with Gasteiger partial charge in [0.2, 0.25) is 5.82 Å². The van der Waals surface area contributed by atoms with Crippen LogP contribution < -0.4 is 9.64 Å². The number of carbonyl (C=O) groups is 1. The number of nitro groups is 1. The van der Waals surface area contributed by atoms with Crippen LogP contribution in [0.5, 0.6) is 5.75 Å². The third-order valence-electron chi connectivity index (χ3n) is 3.94. The average molecular weight is 365 g/mol. The van der Waals surface area contributed by atoms with E-state index >= 15 is 0 Å². The quantitative estimate of drug-likeness (QED) is 0.612. The van der Waals surface area contributed by atoms with E-state index in [1.165, 1.54) is 6.07 Å². The summed E-state index contributed by atoms with van der Waals surface area (Å²) in [4.78, 5) is 23.8. The van der Waals surface area contributed by atoms with Gasteiger partial charge in [-0.1, -0.05) is 11.6 Å². The fraction of sp³-hybridized carbons (Fsp3) is 0.235. The van der Waals surface area contributed by atoms with Gasteiger partial charge in [0.05, 0.1) is 4.92 Å². The molecule has 2 aromatic rings. The molecule has 0 fully saturated rings. The summed E-state index contributed by atoms with van der Waals surface area (Å²) in [5, 5.41) is 11.2. The maximum absolute atomic E-state index is 13.6. The van der Waals surface area contributed by atoms with Gasteiger partial charge in [-0.25, -0.2) is 0 Å². The summed E-state index contributed by atoms with van der Waals surface area (Å²) in [5.74, 6) is -1.22. The van der Waals surface area contributed by atoms with E-state index in [9.17, 15) is 19.3 Å². The number of nitrogens with zero attached hydrogens (tertiary/aromatic N) is 2. The van der Waals surface area contributed by atoms with Gasteiger partial charge in [-0.05, 0) is 42.7 Å². The Labute approximate surface area is 147 Å². The Morgan fingerprint density at radius 1 is 1.32 bits per heavy atom. The molecule has 0 radical (unpaired) electrons. The number of anilines is 1. The van der Waals surface area contributed by atoms with Gasteiger partial charge < -0.3 is 9.64 Å². The van der Waals surface area contributed by atoms with Crippen LogP contribution in [0.25, 0.3) is 0 Å². The van der Waals surface area contributed by atoms with Crippen LogP contribution in [0.4, 0.5) is 15.8 Å². The number of aryl methyl sites for hydroxylation is 1. The molecule has 3 rings (SSSR count). The molecule has 0 bridgehead atoms. The van der Waals surface area contributed by atoms with Crippen LogP contribution in [0, 0.1) is 15.9 Å². The highest BCUT2D eigenvalue weighted by atomic mass is 35.5. The van der Waals surface area contributed by atoms with Crippen LogP contribution in [0.1, 0.15) is 12.0 Å². The topological polar surface area (TPSA) is 72.7 Å². The van der Waals surface area contributed by atoms with E-state index < -0.39 is 16.4 Å². The van der Waals surface area contributed by atoms with Crippen molar-refractivity contribution >= 4 is 28.9 Å². The van der Waals surface area contributed by atoms with E-state index in [-0.39, 0.29) is 18.3 Å². The molecule has 130 valence electrons. The summed E-state index contributed by atoms with van der Waals surface area (Å²) >= 11 is 5.98.